The van der Waals surface area contributed by atoms with Crippen molar-refractivity contribution in [3.05, 3.63) is 27.6 Å². The second kappa shape index (κ2) is 5.36. The van der Waals surface area contributed by atoms with Gasteiger partial charge in [-0.1, -0.05) is 20.8 Å². The number of carbonyl (C=O) groups excluding carboxylic acids is 2. The molecule has 0 atom stereocenters. The second-order valence-corrected chi connectivity index (χ2v) is 7.22. The quantitative estimate of drug-likeness (QED) is 0.636. The third-order valence-electron chi connectivity index (χ3n) is 4.11. The second-order valence-electron chi connectivity index (χ2n) is 7.22. The van der Waals surface area contributed by atoms with Gasteiger partial charge in [-0.2, -0.15) is 0 Å². The number of H-pyrrole nitrogens is 1. The maximum absolute atomic E-state index is 12.8. The Hall–Kier alpha value is -2.38. The fraction of sp³-hybridized carbons (Fsp3) is 0.600. The lowest BCUT2D eigenvalue weighted by atomic mass is 9.92. The normalized spacial score (nSPS) is 17.8. The topological polar surface area (TPSA) is 108 Å². The van der Waals surface area contributed by atoms with Gasteiger partial charge in [0.05, 0.1) is 4.92 Å². The van der Waals surface area contributed by atoms with E-state index in [-0.39, 0.29) is 22.7 Å². The highest BCUT2D eigenvalue weighted by Crippen LogP contribution is 2.30. The monoisotopic (exact) mass is 322 g/mol. The van der Waals surface area contributed by atoms with Crippen LogP contribution in [0.3, 0.4) is 0 Å². The third kappa shape index (κ3) is 2.93. The molecular formula is C15H22N4O4. The summed E-state index contributed by atoms with van der Waals surface area (Å²) in [6, 6.07) is 1.39. The Morgan fingerprint density at radius 1 is 1.39 bits per heavy atom. The number of hydrogen-bond acceptors (Lipinski definition) is 4. The molecule has 1 aromatic heterocycles. The number of aromatic amines is 1. The number of nitro groups is 1. The summed E-state index contributed by atoms with van der Waals surface area (Å²) in [4.78, 5) is 39.8. The summed E-state index contributed by atoms with van der Waals surface area (Å²) in [7, 11) is 0. The van der Waals surface area contributed by atoms with Crippen molar-refractivity contribution >= 4 is 17.5 Å². The van der Waals surface area contributed by atoms with Crippen molar-refractivity contribution in [1.82, 2.24) is 15.2 Å². The first-order chi connectivity index (χ1) is 10.5. The molecule has 8 nitrogen and oxygen atoms in total. The van der Waals surface area contributed by atoms with Crippen molar-refractivity contribution in [3.63, 3.8) is 0 Å². The van der Waals surface area contributed by atoms with Gasteiger partial charge in [-0.05, 0) is 13.8 Å². The van der Waals surface area contributed by atoms with Crippen molar-refractivity contribution < 1.29 is 14.5 Å². The number of rotatable bonds is 2. The maximum atomic E-state index is 12.8. The molecule has 8 heteroatoms. The minimum Gasteiger partial charge on any atom is -0.352 e. The fourth-order valence-corrected chi connectivity index (χ4v) is 2.54. The zero-order chi connectivity index (χ0) is 17.6. The zero-order valence-corrected chi connectivity index (χ0v) is 14.0. The van der Waals surface area contributed by atoms with Crippen LogP contribution in [-0.2, 0) is 10.2 Å². The van der Waals surface area contributed by atoms with Gasteiger partial charge in [0.15, 0.2) is 5.69 Å². The number of nitrogens with zero attached hydrogens (tertiary/aromatic N) is 2. The van der Waals surface area contributed by atoms with Crippen LogP contribution in [0.25, 0.3) is 0 Å². The van der Waals surface area contributed by atoms with E-state index in [2.05, 4.69) is 10.3 Å². The Bertz CT molecular complexity index is 670. The van der Waals surface area contributed by atoms with E-state index in [1.165, 1.54) is 11.0 Å². The van der Waals surface area contributed by atoms with Crippen LogP contribution in [-0.4, -0.2) is 45.2 Å². The van der Waals surface area contributed by atoms with Crippen LogP contribution in [0.4, 0.5) is 5.69 Å². The molecule has 2 N–H and O–H groups in total. The first kappa shape index (κ1) is 17.0. The lowest BCUT2D eigenvalue weighted by Crippen LogP contribution is -2.63. The molecule has 0 aliphatic carbocycles. The zero-order valence-electron chi connectivity index (χ0n) is 14.0. The minimum atomic E-state index is -1.06. The van der Waals surface area contributed by atoms with Gasteiger partial charge in [-0.25, -0.2) is 0 Å². The van der Waals surface area contributed by atoms with Crippen LogP contribution in [0.2, 0.25) is 0 Å². The number of carbonyl (C=O) groups is 2. The van der Waals surface area contributed by atoms with E-state index >= 15 is 0 Å². The Morgan fingerprint density at radius 3 is 2.52 bits per heavy atom. The maximum Gasteiger partial charge on any atom is 0.300 e. The Labute approximate surface area is 134 Å². The molecule has 1 aliphatic heterocycles. The standard InChI is InChI=1S/C15H22N4O4/c1-14(2,3)10-8-9(19(22)23)11(17-10)12(20)18-7-6-16-13(21)15(18,4)5/h8,17H,6-7H2,1-5H3,(H,16,21). The predicted molar refractivity (Wildman–Crippen MR) is 84.3 cm³/mol. The Balaban J connectivity index is 2.48. The molecule has 2 rings (SSSR count). The van der Waals surface area contributed by atoms with Gasteiger partial charge in [-0.15, -0.1) is 0 Å². The van der Waals surface area contributed by atoms with Gasteiger partial charge in [-0.3, -0.25) is 19.7 Å². The first-order valence-electron chi connectivity index (χ1n) is 7.44. The SMILES string of the molecule is CC(C)(C)c1cc([N+](=O)[O-])c(C(=O)N2CCNC(=O)C2(C)C)[nH]1. The number of nitrogens with one attached hydrogen (secondary N) is 2. The molecule has 2 amide bonds. The molecule has 1 saturated heterocycles. The smallest absolute Gasteiger partial charge is 0.300 e. The van der Waals surface area contributed by atoms with Gasteiger partial charge < -0.3 is 15.2 Å². The summed E-state index contributed by atoms with van der Waals surface area (Å²) in [5.74, 6) is -0.811. The highest BCUT2D eigenvalue weighted by Gasteiger charge is 2.43. The van der Waals surface area contributed by atoms with Crippen molar-refractivity contribution in [2.45, 2.75) is 45.6 Å². The molecule has 1 aromatic rings. The van der Waals surface area contributed by atoms with Crippen molar-refractivity contribution in [2.75, 3.05) is 13.1 Å². The molecule has 0 radical (unpaired) electrons. The number of hydrogen-bond donors (Lipinski definition) is 2. The largest absolute Gasteiger partial charge is 0.352 e. The van der Waals surface area contributed by atoms with E-state index in [9.17, 15) is 19.7 Å². The van der Waals surface area contributed by atoms with Crippen LogP contribution in [0.5, 0.6) is 0 Å². The molecule has 2 heterocycles. The number of piperazine rings is 1. The fourth-order valence-electron chi connectivity index (χ4n) is 2.54. The average Bonchev–Trinajstić information content (AvgIpc) is 2.86. The van der Waals surface area contributed by atoms with Crippen LogP contribution >= 0.6 is 0 Å². The van der Waals surface area contributed by atoms with Crippen LogP contribution < -0.4 is 5.32 Å². The molecule has 0 saturated carbocycles. The molecule has 0 spiro atoms. The van der Waals surface area contributed by atoms with E-state index in [1.807, 2.05) is 20.8 Å². The molecule has 1 aliphatic rings. The summed E-state index contributed by atoms with van der Waals surface area (Å²) in [5, 5.41) is 14.0. The molecule has 0 bridgehead atoms. The van der Waals surface area contributed by atoms with E-state index in [0.717, 1.165) is 0 Å². The van der Waals surface area contributed by atoms with E-state index in [0.29, 0.717) is 18.8 Å². The summed E-state index contributed by atoms with van der Waals surface area (Å²) < 4.78 is 0. The van der Waals surface area contributed by atoms with Crippen molar-refractivity contribution in [3.8, 4) is 0 Å². The highest BCUT2D eigenvalue weighted by molar-refractivity contribution is 6.01. The van der Waals surface area contributed by atoms with Gasteiger partial charge in [0.25, 0.3) is 11.6 Å². The number of amides is 2. The molecule has 0 unspecified atom stereocenters. The summed E-state index contributed by atoms with van der Waals surface area (Å²) in [6.07, 6.45) is 0. The van der Waals surface area contributed by atoms with E-state index < -0.39 is 16.4 Å². The summed E-state index contributed by atoms with van der Waals surface area (Å²) in [5.41, 5.74) is -1.16. The molecular weight excluding hydrogens is 300 g/mol. The average molecular weight is 322 g/mol. The van der Waals surface area contributed by atoms with Crippen LogP contribution in [0, 0.1) is 10.1 Å². The van der Waals surface area contributed by atoms with Gasteiger partial charge in [0, 0.05) is 30.3 Å². The minimum absolute atomic E-state index is 0.0808. The summed E-state index contributed by atoms with van der Waals surface area (Å²) >= 11 is 0. The molecule has 0 aromatic carbocycles. The van der Waals surface area contributed by atoms with E-state index in [1.54, 1.807) is 13.8 Å². The predicted octanol–water partition coefficient (Wildman–Crippen LogP) is 1.57. The van der Waals surface area contributed by atoms with E-state index in [4.69, 9.17) is 0 Å². The highest BCUT2D eigenvalue weighted by atomic mass is 16.6. The van der Waals surface area contributed by atoms with Gasteiger partial charge in [0.2, 0.25) is 5.91 Å². The van der Waals surface area contributed by atoms with Gasteiger partial charge in [0.1, 0.15) is 5.54 Å². The van der Waals surface area contributed by atoms with Gasteiger partial charge >= 0.3 is 0 Å². The Kier molecular flexibility index (Phi) is 3.96. The lowest BCUT2D eigenvalue weighted by molar-refractivity contribution is -0.385. The lowest BCUT2D eigenvalue weighted by Gasteiger charge is -2.40. The van der Waals surface area contributed by atoms with Crippen LogP contribution in [0.15, 0.2) is 6.07 Å². The van der Waals surface area contributed by atoms with Crippen molar-refractivity contribution in [1.29, 1.82) is 0 Å². The molecule has 126 valence electrons. The molecule has 1 fully saturated rings. The summed E-state index contributed by atoms with van der Waals surface area (Å²) in [6.45, 7) is 9.57. The first-order valence-corrected chi connectivity index (χ1v) is 7.44. The van der Waals surface area contributed by atoms with Crippen molar-refractivity contribution in [2.24, 2.45) is 0 Å². The Morgan fingerprint density at radius 2 is 2.00 bits per heavy atom. The van der Waals surface area contributed by atoms with Crippen LogP contribution in [0.1, 0.15) is 50.8 Å². The third-order valence-corrected chi connectivity index (χ3v) is 4.11. The number of aromatic nitrogens is 1. The molecule has 23 heavy (non-hydrogen) atoms.